The van der Waals surface area contributed by atoms with Crippen LogP contribution < -0.4 is 10.6 Å². The first-order chi connectivity index (χ1) is 12.6. The number of amides is 2. The van der Waals surface area contributed by atoms with Crippen molar-refractivity contribution in [3.63, 3.8) is 0 Å². The molecule has 136 valence electrons. The van der Waals surface area contributed by atoms with Crippen LogP contribution in [0.1, 0.15) is 35.2 Å². The summed E-state index contributed by atoms with van der Waals surface area (Å²) in [7, 11) is 0. The standard InChI is InChI=1S/C20H21FN2O3/c21-16-8-6-15(7-9-16)19(24)22-17-10-11-18(12-17)23-20(25)26-13-14-4-2-1-3-5-14/h1-9,17-18H,10-13H2,(H,22,24)(H,23,25). The number of hydrogen-bond donors (Lipinski definition) is 2. The van der Waals surface area contributed by atoms with Gasteiger partial charge in [-0.15, -0.1) is 0 Å². The fourth-order valence-corrected chi connectivity index (χ4v) is 3.05. The largest absolute Gasteiger partial charge is 0.445 e. The van der Waals surface area contributed by atoms with Crippen molar-refractivity contribution in [1.29, 1.82) is 0 Å². The first kappa shape index (κ1) is 17.9. The quantitative estimate of drug-likeness (QED) is 0.863. The van der Waals surface area contributed by atoms with Crippen molar-refractivity contribution in [2.45, 2.75) is 38.0 Å². The van der Waals surface area contributed by atoms with Crippen molar-refractivity contribution in [3.8, 4) is 0 Å². The summed E-state index contributed by atoms with van der Waals surface area (Å²) in [6.07, 6.45) is 1.74. The monoisotopic (exact) mass is 356 g/mol. The Kier molecular flexibility index (Phi) is 5.84. The highest BCUT2D eigenvalue weighted by atomic mass is 19.1. The van der Waals surface area contributed by atoms with Gasteiger partial charge in [0.25, 0.3) is 5.91 Å². The van der Waals surface area contributed by atoms with Crippen molar-refractivity contribution in [1.82, 2.24) is 10.6 Å². The van der Waals surface area contributed by atoms with E-state index < -0.39 is 6.09 Å². The van der Waals surface area contributed by atoms with Gasteiger partial charge < -0.3 is 15.4 Å². The van der Waals surface area contributed by atoms with Crippen molar-refractivity contribution in [2.75, 3.05) is 0 Å². The number of carbonyl (C=O) groups is 2. The maximum atomic E-state index is 12.9. The van der Waals surface area contributed by atoms with E-state index in [-0.39, 0.29) is 30.4 Å². The minimum absolute atomic E-state index is 0.0213. The van der Waals surface area contributed by atoms with E-state index in [1.54, 1.807) is 0 Å². The molecule has 6 heteroatoms. The molecule has 0 aromatic heterocycles. The van der Waals surface area contributed by atoms with E-state index in [1.165, 1.54) is 24.3 Å². The maximum absolute atomic E-state index is 12.9. The second kappa shape index (κ2) is 8.47. The van der Waals surface area contributed by atoms with Crippen LogP contribution in [0.25, 0.3) is 0 Å². The molecule has 2 N–H and O–H groups in total. The number of halogens is 1. The molecule has 2 aromatic carbocycles. The van der Waals surface area contributed by atoms with Crippen molar-refractivity contribution in [2.24, 2.45) is 0 Å². The number of hydrogen-bond acceptors (Lipinski definition) is 3. The molecule has 1 saturated carbocycles. The minimum Gasteiger partial charge on any atom is -0.445 e. The lowest BCUT2D eigenvalue weighted by molar-refractivity contribution is 0.0937. The van der Waals surface area contributed by atoms with Gasteiger partial charge in [0.15, 0.2) is 0 Å². The molecule has 2 atom stereocenters. The van der Waals surface area contributed by atoms with E-state index in [0.717, 1.165) is 18.4 Å². The first-order valence-corrected chi connectivity index (χ1v) is 8.64. The molecule has 0 heterocycles. The van der Waals surface area contributed by atoms with E-state index in [4.69, 9.17) is 4.74 Å². The zero-order chi connectivity index (χ0) is 18.4. The number of ether oxygens (including phenoxy) is 1. The molecule has 0 radical (unpaired) electrons. The van der Waals surface area contributed by atoms with Crippen LogP contribution in [0.3, 0.4) is 0 Å². The number of carbonyl (C=O) groups excluding carboxylic acids is 2. The molecular formula is C20H21FN2O3. The number of nitrogens with one attached hydrogen (secondary N) is 2. The smallest absolute Gasteiger partial charge is 0.407 e. The molecule has 2 aromatic rings. The Balaban J connectivity index is 1.41. The van der Waals surface area contributed by atoms with Crippen molar-refractivity contribution in [3.05, 3.63) is 71.5 Å². The zero-order valence-electron chi connectivity index (χ0n) is 14.3. The molecule has 0 spiro atoms. The summed E-state index contributed by atoms with van der Waals surface area (Å²) in [5, 5.41) is 5.76. The average Bonchev–Trinajstić information content (AvgIpc) is 3.08. The summed E-state index contributed by atoms with van der Waals surface area (Å²) in [4.78, 5) is 24.1. The fourth-order valence-electron chi connectivity index (χ4n) is 3.05. The highest BCUT2D eigenvalue weighted by molar-refractivity contribution is 5.94. The zero-order valence-corrected chi connectivity index (χ0v) is 14.3. The lowest BCUT2D eigenvalue weighted by Crippen LogP contribution is -2.37. The van der Waals surface area contributed by atoms with Gasteiger partial charge in [0.05, 0.1) is 0 Å². The number of rotatable bonds is 5. The highest BCUT2D eigenvalue weighted by Crippen LogP contribution is 2.20. The average molecular weight is 356 g/mol. The number of benzene rings is 2. The predicted molar refractivity (Wildman–Crippen MR) is 95.1 cm³/mol. The number of alkyl carbamates (subject to hydrolysis) is 1. The molecule has 1 fully saturated rings. The van der Waals surface area contributed by atoms with Crippen LogP contribution in [0.5, 0.6) is 0 Å². The third-order valence-corrected chi connectivity index (χ3v) is 4.41. The lowest BCUT2D eigenvalue weighted by atomic mass is 10.1. The Morgan fingerprint density at radius 2 is 1.62 bits per heavy atom. The molecule has 0 bridgehead atoms. The van der Waals surface area contributed by atoms with Gasteiger partial charge >= 0.3 is 6.09 Å². The van der Waals surface area contributed by atoms with E-state index in [0.29, 0.717) is 12.0 Å². The maximum Gasteiger partial charge on any atom is 0.407 e. The summed E-state index contributed by atoms with van der Waals surface area (Å²) in [6, 6.07) is 14.9. The molecule has 3 rings (SSSR count). The molecule has 26 heavy (non-hydrogen) atoms. The fraction of sp³-hybridized carbons (Fsp3) is 0.300. The third-order valence-electron chi connectivity index (χ3n) is 4.41. The van der Waals surface area contributed by atoms with E-state index in [9.17, 15) is 14.0 Å². The Labute approximate surface area is 151 Å². The SMILES string of the molecule is O=C(NC1CCC(NC(=O)c2ccc(F)cc2)C1)OCc1ccccc1. The summed E-state index contributed by atoms with van der Waals surface area (Å²) in [6.45, 7) is 0.226. The van der Waals surface area contributed by atoms with Gasteiger partial charge in [0, 0.05) is 17.6 Å². The molecule has 2 amide bonds. The van der Waals surface area contributed by atoms with Crippen LogP contribution in [-0.4, -0.2) is 24.1 Å². The van der Waals surface area contributed by atoms with Crippen LogP contribution in [0, 0.1) is 5.82 Å². The van der Waals surface area contributed by atoms with Gasteiger partial charge in [0.2, 0.25) is 0 Å². The van der Waals surface area contributed by atoms with Crippen LogP contribution in [0.4, 0.5) is 9.18 Å². The lowest BCUT2D eigenvalue weighted by Gasteiger charge is -2.15. The van der Waals surface area contributed by atoms with E-state index in [1.807, 2.05) is 30.3 Å². The van der Waals surface area contributed by atoms with Gasteiger partial charge in [-0.25, -0.2) is 9.18 Å². The predicted octanol–water partition coefficient (Wildman–Crippen LogP) is 3.40. The summed E-state index contributed by atoms with van der Waals surface area (Å²) >= 11 is 0. The van der Waals surface area contributed by atoms with Crippen LogP contribution in [-0.2, 0) is 11.3 Å². The summed E-state index contributed by atoms with van der Waals surface area (Å²) < 4.78 is 18.1. The van der Waals surface area contributed by atoms with Gasteiger partial charge in [-0.1, -0.05) is 30.3 Å². The Morgan fingerprint density at radius 3 is 2.31 bits per heavy atom. The second-order valence-electron chi connectivity index (χ2n) is 6.39. The van der Waals surface area contributed by atoms with Crippen LogP contribution in [0.15, 0.2) is 54.6 Å². The molecule has 1 aliphatic rings. The molecule has 0 saturated heterocycles. The Bertz CT molecular complexity index is 749. The second-order valence-corrected chi connectivity index (χ2v) is 6.39. The van der Waals surface area contributed by atoms with Gasteiger partial charge in [-0.05, 0) is 49.1 Å². The molecular weight excluding hydrogens is 335 g/mol. The minimum atomic E-state index is -0.454. The highest BCUT2D eigenvalue weighted by Gasteiger charge is 2.27. The first-order valence-electron chi connectivity index (χ1n) is 8.64. The molecule has 0 aliphatic heterocycles. The topological polar surface area (TPSA) is 67.4 Å². The van der Waals surface area contributed by atoms with Crippen LogP contribution >= 0.6 is 0 Å². The molecule has 1 aliphatic carbocycles. The Morgan fingerprint density at radius 1 is 0.962 bits per heavy atom. The normalized spacial score (nSPS) is 19.0. The van der Waals surface area contributed by atoms with E-state index in [2.05, 4.69) is 10.6 Å². The summed E-state index contributed by atoms with van der Waals surface area (Å²) in [5.74, 6) is -0.608. The van der Waals surface area contributed by atoms with E-state index >= 15 is 0 Å². The third kappa shape index (κ3) is 5.05. The van der Waals surface area contributed by atoms with Crippen molar-refractivity contribution >= 4 is 12.0 Å². The van der Waals surface area contributed by atoms with Gasteiger partial charge in [-0.2, -0.15) is 0 Å². The van der Waals surface area contributed by atoms with Crippen LogP contribution in [0.2, 0.25) is 0 Å². The summed E-state index contributed by atoms with van der Waals surface area (Å²) in [5.41, 5.74) is 1.35. The van der Waals surface area contributed by atoms with Gasteiger partial charge in [0.1, 0.15) is 12.4 Å². The Hall–Kier alpha value is -2.89. The van der Waals surface area contributed by atoms with Gasteiger partial charge in [-0.3, -0.25) is 4.79 Å². The van der Waals surface area contributed by atoms with Crippen molar-refractivity contribution < 1.29 is 18.7 Å². The molecule has 2 unspecified atom stereocenters. The molecule has 5 nitrogen and oxygen atoms in total.